The van der Waals surface area contributed by atoms with E-state index < -0.39 is 11.7 Å². The van der Waals surface area contributed by atoms with Crippen LogP contribution in [0.5, 0.6) is 0 Å². The van der Waals surface area contributed by atoms with Gasteiger partial charge in [-0.05, 0) is 36.5 Å². The normalized spacial score (nSPS) is 21.1. The number of nitrogens with zero attached hydrogens (tertiary/aromatic N) is 1. The quantitative estimate of drug-likeness (QED) is 0.763. The minimum atomic E-state index is -4.27. The van der Waals surface area contributed by atoms with Crippen molar-refractivity contribution in [3.63, 3.8) is 0 Å². The van der Waals surface area contributed by atoms with Crippen molar-refractivity contribution in [2.45, 2.75) is 44.3 Å². The molecule has 1 aliphatic heterocycles. The first-order valence-electron chi connectivity index (χ1n) is 8.67. The largest absolute Gasteiger partial charge is 0.416 e. The molecule has 0 aromatic heterocycles. The van der Waals surface area contributed by atoms with E-state index in [1.807, 2.05) is 6.07 Å². The highest BCUT2D eigenvalue weighted by Crippen LogP contribution is 2.40. The SMILES string of the molecule is Cl.Cl.FC(F)(F)c1cccc([C@H](C2CCCCC2)N2CCNCC2)c1. The van der Waals surface area contributed by atoms with E-state index in [4.69, 9.17) is 0 Å². The Morgan fingerprint density at radius 3 is 2.24 bits per heavy atom. The molecule has 144 valence electrons. The lowest BCUT2D eigenvalue weighted by atomic mass is 9.80. The van der Waals surface area contributed by atoms with Crippen LogP contribution in [0.25, 0.3) is 0 Å². The molecule has 0 amide bonds. The molecule has 2 nitrogen and oxygen atoms in total. The molecule has 0 radical (unpaired) electrons. The van der Waals surface area contributed by atoms with Crippen molar-refractivity contribution in [2.75, 3.05) is 26.2 Å². The van der Waals surface area contributed by atoms with Crippen LogP contribution in [0.2, 0.25) is 0 Å². The molecule has 7 heteroatoms. The minimum absolute atomic E-state index is 0. The first kappa shape index (κ1) is 22.6. The summed E-state index contributed by atoms with van der Waals surface area (Å²) in [6.45, 7) is 3.67. The molecule has 2 fully saturated rings. The van der Waals surface area contributed by atoms with Crippen molar-refractivity contribution in [3.05, 3.63) is 35.4 Å². The van der Waals surface area contributed by atoms with E-state index in [0.29, 0.717) is 5.92 Å². The number of hydrogen-bond donors (Lipinski definition) is 1. The number of piperazine rings is 1. The van der Waals surface area contributed by atoms with Gasteiger partial charge in [0.15, 0.2) is 0 Å². The predicted molar refractivity (Wildman–Crippen MR) is 99.7 cm³/mol. The maximum absolute atomic E-state index is 13.1. The van der Waals surface area contributed by atoms with Gasteiger partial charge in [-0.3, -0.25) is 4.90 Å². The van der Waals surface area contributed by atoms with E-state index in [9.17, 15) is 13.2 Å². The Bertz CT molecular complexity index is 495. The van der Waals surface area contributed by atoms with Crippen molar-refractivity contribution < 1.29 is 13.2 Å². The maximum Gasteiger partial charge on any atom is 0.416 e. The Morgan fingerprint density at radius 2 is 1.64 bits per heavy atom. The van der Waals surface area contributed by atoms with Gasteiger partial charge >= 0.3 is 6.18 Å². The van der Waals surface area contributed by atoms with Crippen LogP contribution in [0.15, 0.2) is 24.3 Å². The van der Waals surface area contributed by atoms with E-state index in [2.05, 4.69) is 10.2 Å². The molecule has 1 saturated carbocycles. The summed E-state index contributed by atoms with van der Waals surface area (Å²) in [5.41, 5.74) is 0.319. The van der Waals surface area contributed by atoms with Gasteiger partial charge in [0, 0.05) is 32.2 Å². The van der Waals surface area contributed by atoms with Crippen LogP contribution in [0, 0.1) is 5.92 Å². The summed E-state index contributed by atoms with van der Waals surface area (Å²) in [6, 6.07) is 6.13. The van der Waals surface area contributed by atoms with Gasteiger partial charge in [0.05, 0.1) is 5.56 Å². The van der Waals surface area contributed by atoms with Gasteiger partial charge in [0.1, 0.15) is 0 Å². The lowest BCUT2D eigenvalue weighted by Gasteiger charge is -2.41. The molecule has 1 N–H and O–H groups in total. The van der Waals surface area contributed by atoms with Gasteiger partial charge in [-0.25, -0.2) is 0 Å². The van der Waals surface area contributed by atoms with Crippen molar-refractivity contribution >= 4 is 24.8 Å². The monoisotopic (exact) mass is 398 g/mol. The molecular formula is C18H27Cl2F3N2. The Hall–Kier alpha value is -0.490. The van der Waals surface area contributed by atoms with Crippen molar-refractivity contribution in [1.29, 1.82) is 0 Å². The summed E-state index contributed by atoms with van der Waals surface area (Å²) in [4.78, 5) is 2.39. The fourth-order valence-corrected chi connectivity index (χ4v) is 4.09. The molecule has 1 saturated heterocycles. The lowest BCUT2D eigenvalue weighted by molar-refractivity contribution is -0.137. The molecule has 1 aliphatic carbocycles. The smallest absolute Gasteiger partial charge is 0.314 e. The molecule has 0 unspecified atom stereocenters. The second-order valence-corrected chi connectivity index (χ2v) is 6.75. The van der Waals surface area contributed by atoms with Gasteiger partial charge in [0.25, 0.3) is 0 Å². The molecule has 1 aromatic carbocycles. The highest BCUT2D eigenvalue weighted by atomic mass is 35.5. The Balaban J connectivity index is 0.00000156. The molecule has 0 spiro atoms. The van der Waals surface area contributed by atoms with Crippen LogP contribution in [-0.2, 0) is 6.18 Å². The maximum atomic E-state index is 13.1. The second-order valence-electron chi connectivity index (χ2n) is 6.75. The minimum Gasteiger partial charge on any atom is -0.314 e. The second kappa shape index (κ2) is 10.0. The number of benzene rings is 1. The first-order valence-corrected chi connectivity index (χ1v) is 8.67. The fraction of sp³-hybridized carbons (Fsp3) is 0.667. The summed E-state index contributed by atoms with van der Waals surface area (Å²) in [5, 5.41) is 3.34. The molecule has 1 aromatic rings. The van der Waals surface area contributed by atoms with E-state index in [0.717, 1.165) is 44.6 Å². The van der Waals surface area contributed by atoms with E-state index in [-0.39, 0.29) is 30.9 Å². The van der Waals surface area contributed by atoms with Crippen LogP contribution >= 0.6 is 24.8 Å². The average molecular weight is 399 g/mol. The summed E-state index contributed by atoms with van der Waals surface area (Å²) < 4.78 is 39.3. The van der Waals surface area contributed by atoms with Crippen LogP contribution in [0.1, 0.15) is 49.3 Å². The van der Waals surface area contributed by atoms with Crippen LogP contribution in [-0.4, -0.2) is 31.1 Å². The number of nitrogens with one attached hydrogen (secondary N) is 1. The highest BCUT2D eigenvalue weighted by molar-refractivity contribution is 5.85. The first-order chi connectivity index (χ1) is 11.1. The van der Waals surface area contributed by atoms with Gasteiger partial charge in [-0.2, -0.15) is 13.2 Å². The Labute approximate surface area is 160 Å². The fourth-order valence-electron chi connectivity index (χ4n) is 4.09. The number of halogens is 5. The third-order valence-corrected chi connectivity index (χ3v) is 5.20. The molecule has 1 heterocycles. The van der Waals surface area contributed by atoms with Crippen LogP contribution in [0.4, 0.5) is 13.2 Å². The lowest BCUT2D eigenvalue weighted by Crippen LogP contribution is -2.47. The Kier molecular flexibility index (Phi) is 9.02. The third-order valence-electron chi connectivity index (χ3n) is 5.20. The van der Waals surface area contributed by atoms with Gasteiger partial charge < -0.3 is 5.32 Å². The van der Waals surface area contributed by atoms with Crippen LogP contribution in [0.3, 0.4) is 0 Å². The highest BCUT2D eigenvalue weighted by Gasteiger charge is 2.34. The van der Waals surface area contributed by atoms with E-state index in [1.165, 1.54) is 31.4 Å². The van der Waals surface area contributed by atoms with Crippen LogP contribution < -0.4 is 5.32 Å². The summed E-state index contributed by atoms with van der Waals surface area (Å²) in [5.74, 6) is 0.477. The number of rotatable bonds is 3. The van der Waals surface area contributed by atoms with E-state index in [1.54, 1.807) is 6.07 Å². The van der Waals surface area contributed by atoms with Gasteiger partial charge in [-0.1, -0.05) is 31.4 Å². The zero-order valence-electron chi connectivity index (χ0n) is 14.2. The molecule has 3 rings (SSSR count). The standard InChI is InChI=1S/C18H25F3N2.2ClH/c19-18(20,21)16-8-4-7-15(13-16)17(14-5-2-1-3-6-14)23-11-9-22-10-12-23;;/h4,7-8,13-14,17,22H,1-3,5-6,9-12H2;2*1H/t17-;;/m0../s1. The average Bonchev–Trinajstić information content (AvgIpc) is 2.57. The number of alkyl halides is 3. The molecule has 2 aliphatic rings. The molecule has 0 bridgehead atoms. The molecular weight excluding hydrogens is 372 g/mol. The van der Waals surface area contributed by atoms with E-state index >= 15 is 0 Å². The third kappa shape index (κ3) is 5.75. The van der Waals surface area contributed by atoms with Gasteiger partial charge in [0.2, 0.25) is 0 Å². The van der Waals surface area contributed by atoms with Gasteiger partial charge in [-0.15, -0.1) is 24.8 Å². The zero-order valence-corrected chi connectivity index (χ0v) is 15.9. The zero-order chi connectivity index (χ0) is 16.3. The van der Waals surface area contributed by atoms with Crippen molar-refractivity contribution in [2.24, 2.45) is 5.92 Å². The molecule has 25 heavy (non-hydrogen) atoms. The topological polar surface area (TPSA) is 15.3 Å². The Morgan fingerprint density at radius 1 is 1.00 bits per heavy atom. The molecule has 1 atom stereocenters. The van der Waals surface area contributed by atoms with Crippen molar-refractivity contribution in [3.8, 4) is 0 Å². The summed E-state index contributed by atoms with van der Waals surface area (Å²) in [7, 11) is 0. The number of hydrogen-bond acceptors (Lipinski definition) is 2. The summed E-state index contributed by atoms with van der Waals surface area (Å²) >= 11 is 0. The van der Waals surface area contributed by atoms with Crippen molar-refractivity contribution in [1.82, 2.24) is 10.2 Å². The predicted octanol–water partition coefficient (Wildman–Crippen LogP) is 5.08. The summed E-state index contributed by atoms with van der Waals surface area (Å²) in [6.07, 6.45) is 1.65.